The number of ether oxygens (including phenoxy) is 2. The number of aliphatic carboxylic acids is 1. The maximum absolute atomic E-state index is 12.7. The van der Waals surface area contributed by atoms with Gasteiger partial charge in [0.2, 0.25) is 0 Å². The summed E-state index contributed by atoms with van der Waals surface area (Å²) in [6.07, 6.45) is 4.56. The molecule has 0 bridgehead atoms. The summed E-state index contributed by atoms with van der Waals surface area (Å²) in [6, 6.07) is 5.64. The third kappa shape index (κ3) is 6.55. The summed E-state index contributed by atoms with van der Waals surface area (Å²) < 4.78 is 48.9. The van der Waals surface area contributed by atoms with Gasteiger partial charge in [-0.15, -0.1) is 0 Å². The first kappa shape index (κ1) is 24.7. The van der Waals surface area contributed by atoms with Gasteiger partial charge >= 0.3 is 12.1 Å². The van der Waals surface area contributed by atoms with Gasteiger partial charge < -0.3 is 23.9 Å². The SMILES string of the molecule is O=C(O)C(F)(F)F.O=C(c1ccoc1)N1CCC2OCCCC2(COCc2cccnc2)C1. The molecule has 4 heterocycles. The molecule has 2 unspecified atom stereocenters. The van der Waals surface area contributed by atoms with Crippen molar-refractivity contribution >= 4 is 11.9 Å². The smallest absolute Gasteiger partial charge is 0.475 e. The Morgan fingerprint density at radius 3 is 2.76 bits per heavy atom. The number of nitrogens with zero attached hydrogens (tertiary/aromatic N) is 2. The number of carbonyl (C=O) groups is 2. The molecule has 0 aliphatic carbocycles. The Labute approximate surface area is 188 Å². The van der Waals surface area contributed by atoms with Crippen molar-refractivity contribution in [3.8, 4) is 0 Å². The maximum atomic E-state index is 12.7. The van der Waals surface area contributed by atoms with Crippen LogP contribution in [-0.4, -0.2) is 65.5 Å². The van der Waals surface area contributed by atoms with Crippen LogP contribution in [0.2, 0.25) is 0 Å². The molecular formula is C22H25F3N2O6. The standard InChI is InChI=1S/C20H24N2O4.C2HF3O2/c23-19(17-5-10-24-13-17)22-8-4-18-20(14-22,6-2-9-26-18)15-25-12-16-3-1-7-21-11-16;3-2(4,5)1(6)7/h1,3,5,7,10-11,13,18H,2,4,6,8-9,12,14-15H2;(H,6,7). The zero-order valence-corrected chi connectivity index (χ0v) is 17.8. The monoisotopic (exact) mass is 470 g/mol. The minimum absolute atomic E-state index is 0.0226. The molecule has 2 aromatic rings. The number of carboxylic acid groups (broad SMARTS) is 1. The molecule has 1 N–H and O–H groups in total. The minimum atomic E-state index is -5.08. The normalized spacial score (nSPS) is 22.6. The van der Waals surface area contributed by atoms with Crippen LogP contribution < -0.4 is 0 Å². The van der Waals surface area contributed by atoms with Gasteiger partial charge in [-0.3, -0.25) is 9.78 Å². The van der Waals surface area contributed by atoms with Gasteiger partial charge in [0.1, 0.15) is 6.26 Å². The quantitative estimate of drug-likeness (QED) is 0.713. The van der Waals surface area contributed by atoms with Gasteiger partial charge in [0, 0.05) is 37.5 Å². The highest BCUT2D eigenvalue weighted by molar-refractivity contribution is 5.93. The second-order valence-electron chi connectivity index (χ2n) is 8.01. The second kappa shape index (κ2) is 10.8. The molecule has 4 rings (SSSR count). The van der Waals surface area contributed by atoms with Crippen molar-refractivity contribution in [2.24, 2.45) is 5.41 Å². The topological polar surface area (TPSA) is 102 Å². The molecule has 2 aromatic heterocycles. The van der Waals surface area contributed by atoms with Crippen molar-refractivity contribution in [1.29, 1.82) is 0 Å². The van der Waals surface area contributed by atoms with Gasteiger partial charge in [-0.1, -0.05) is 6.07 Å². The maximum Gasteiger partial charge on any atom is 0.490 e. The molecule has 0 aromatic carbocycles. The van der Waals surface area contributed by atoms with Gasteiger partial charge in [0.25, 0.3) is 5.91 Å². The number of rotatable bonds is 5. The Morgan fingerprint density at radius 2 is 2.12 bits per heavy atom. The van der Waals surface area contributed by atoms with Crippen LogP contribution >= 0.6 is 0 Å². The highest BCUT2D eigenvalue weighted by atomic mass is 19.4. The van der Waals surface area contributed by atoms with Crippen LogP contribution in [0.15, 0.2) is 47.5 Å². The molecule has 2 aliphatic rings. The lowest BCUT2D eigenvalue weighted by atomic mass is 9.73. The van der Waals surface area contributed by atoms with E-state index >= 15 is 0 Å². The molecule has 8 nitrogen and oxygen atoms in total. The van der Waals surface area contributed by atoms with E-state index in [1.54, 1.807) is 12.3 Å². The highest BCUT2D eigenvalue weighted by Crippen LogP contribution is 2.41. The number of alkyl halides is 3. The van der Waals surface area contributed by atoms with E-state index in [1.807, 2.05) is 23.2 Å². The van der Waals surface area contributed by atoms with E-state index in [0.717, 1.165) is 31.4 Å². The number of halogens is 3. The third-order valence-corrected chi connectivity index (χ3v) is 5.67. The van der Waals surface area contributed by atoms with Crippen molar-refractivity contribution in [3.63, 3.8) is 0 Å². The lowest BCUT2D eigenvalue weighted by Gasteiger charge is -2.50. The zero-order chi connectivity index (χ0) is 23.9. The van der Waals surface area contributed by atoms with Crippen LogP contribution in [0.4, 0.5) is 13.2 Å². The van der Waals surface area contributed by atoms with Crippen LogP contribution in [0.25, 0.3) is 0 Å². The largest absolute Gasteiger partial charge is 0.490 e. The molecule has 0 saturated carbocycles. The summed E-state index contributed by atoms with van der Waals surface area (Å²) in [4.78, 5) is 27.7. The second-order valence-corrected chi connectivity index (χ2v) is 8.01. The van der Waals surface area contributed by atoms with E-state index in [0.29, 0.717) is 31.9 Å². The Balaban J connectivity index is 0.000000383. The van der Waals surface area contributed by atoms with Gasteiger partial charge in [-0.2, -0.15) is 13.2 Å². The summed E-state index contributed by atoms with van der Waals surface area (Å²) in [7, 11) is 0. The lowest BCUT2D eigenvalue weighted by molar-refractivity contribution is -0.192. The van der Waals surface area contributed by atoms with Crippen LogP contribution in [0.5, 0.6) is 0 Å². The van der Waals surface area contributed by atoms with E-state index in [2.05, 4.69) is 4.98 Å². The Morgan fingerprint density at radius 1 is 1.33 bits per heavy atom. The summed E-state index contributed by atoms with van der Waals surface area (Å²) in [5, 5.41) is 7.12. The van der Waals surface area contributed by atoms with Gasteiger partial charge in [0.05, 0.1) is 31.1 Å². The first-order valence-corrected chi connectivity index (χ1v) is 10.4. The van der Waals surface area contributed by atoms with Gasteiger partial charge in [0.15, 0.2) is 0 Å². The Bertz CT molecular complexity index is 907. The van der Waals surface area contributed by atoms with E-state index in [4.69, 9.17) is 23.8 Å². The zero-order valence-electron chi connectivity index (χ0n) is 17.8. The van der Waals surface area contributed by atoms with E-state index < -0.39 is 12.1 Å². The Kier molecular flexibility index (Phi) is 8.09. The summed E-state index contributed by atoms with van der Waals surface area (Å²) in [6.45, 7) is 3.28. The number of piperidine rings is 1. The Hall–Kier alpha value is -2.92. The molecule has 2 aliphatic heterocycles. The van der Waals surface area contributed by atoms with Crippen molar-refractivity contribution in [2.75, 3.05) is 26.3 Å². The van der Waals surface area contributed by atoms with Gasteiger partial charge in [-0.25, -0.2) is 4.79 Å². The molecule has 1 amide bonds. The molecule has 0 radical (unpaired) electrons. The fourth-order valence-corrected chi connectivity index (χ4v) is 4.10. The van der Waals surface area contributed by atoms with Crippen molar-refractivity contribution in [3.05, 3.63) is 54.2 Å². The molecular weight excluding hydrogens is 445 g/mol. The number of hydrogen-bond donors (Lipinski definition) is 1. The van der Waals surface area contributed by atoms with Crippen LogP contribution in [-0.2, 0) is 20.9 Å². The lowest BCUT2D eigenvalue weighted by Crippen LogP contribution is -2.58. The number of hydrogen-bond acceptors (Lipinski definition) is 6. The summed E-state index contributed by atoms with van der Waals surface area (Å²) >= 11 is 0. The van der Waals surface area contributed by atoms with Crippen LogP contribution in [0.1, 0.15) is 35.2 Å². The number of pyridine rings is 1. The average molecular weight is 470 g/mol. The van der Waals surface area contributed by atoms with Crippen LogP contribution in [0, 0.1) is 5.41 Å². The average Bonchev–Trinajstić information content (AvgIpc) is 3.33. The molecule has 33 heavy (non-hydrogen) atoms. The fraction of sp³-hybridized carbons (Fsp3) is 0.500. The number of amides is 1. The van der Waals surface area contributed by atoms with Crippen LogP contribution in [0.3, 0.4) is 0 Å². The first-order chi connectivity index (χ1) is 15.7. The molecule has 180 valence electrons. The van der Waals surface area contributed by atoms with E-state index in [-0.39, 0.29) is 17.4 Å². The van der Waals surface area contributed by atoms with E-state index in [1.165, 1.54) is 12.5 Å². The van der Waals surface area contributed by atoms with Crippen molar-refractivity contribution < 1.29 is 41.8 Å². The minimum Gasteiger partial charge on any atom is -0.475 e. The number of carbonyl (C=O) groups excluding carboxylic acids is 1. The van der Waals surface area contributed by atoms with Crippen molar-refractivity contribution in [1.82, 2.24) is 9.88 Å². The van der Waals surface area contributed by atoms with Gasteiger partial charge in [-0.05, 0) is 37.0 Å². The number of carboxylic acids is 1. The first-order valence-electron chi connectivity index (χ1n) is 10.4. The fourth-order valence-electron chi connectivity index (χ4n) is 4.10. The number of furan rings is 1. The predicted molar refractivity (Wildman–Crippen MR) is 108 cm³/mol. The third-order valence-electron chi connectivity index (χ3n) is 5.67. The number of aromatic nitrogens is 1. The van der Waals surface area contributed by atoms with Crippen molar-refractivity contribution in [2.45, 2.75) is 38.1 Å². The highest BCUT2D eigenvalue weighted by Gasteiger charge is 2.47. The molecule has 2 atom stereocenters. The predicted octanol–water partition coefficient (Wildman–Crippen LogP) is 3.54. The molecule has 11 heteroatoms. The number of fused-ring (bicyclic) bond motifs is 1. The number of likely N-dealkylation sites (tertiary alicyclic amines) is 1. The van der Waals surface area contributed by atoms with E-state index in [9.17, 15) is 18.0 Å². The molecule has 0 spiro atoms. The molecule has 2 fully saturated rings. The summed E-state index contributed by atoms with van der Waals surface area (Å²) in [5.74, 6) is -2.73. The summed E-state index contributed by atoms with van der Waals surface area (Å²) in [5.41, 5.74) is 1.52. The molecule has 2 saturated heterocycles.